The van der Waals surface area contributed by atoms with Crippen LogP contribution in [0.15, 0.2) is 48.5 Å². The van der Waals surface area contributed by atoms with Crippen LogP contribution in [-0.4, -0.2) is 12.6 Å². The fraction of sp³-hybridized carbons (Fsp3) is 0.278. The van der Waals surface area contributed by atoms with Gasteiger partial charge in [-0.15, -0.1) is 0 Å². The molecule has 108 valence electrons. The minimum absolute atomic E-state index is 0.0670. The van der Waals surface area contributed by atoms with E-state index in [1.54, 1.807) is 0 Å². The minimum Gasteiger partial charge on any atom is -0.465 e. The number of esters is 1. The summed E-state index contributed by atoms with van der Waals surface area (Å²) in [6, 6.07) is 16.1. The first kappa shape index (κ1) is 13.7. The molecule has 1 heterocycles. The van der Waals surface area contributed by atoms with Gasteiger partial charge in [0.1, 0.15) is 5.92 Å². The summed E-state index contributed by atoms with van der Waals surface area (Å²) in [5, 5.41) is 3.48. The number of hydrogen-bond acceptors (Lipinski definition) is 3. The lowest BCUT2D eigenvalue weighted by Gasteiger charge is -2.21. The molecule has 0 aliphatic carbocycles. The van der Waals surface area contributed by atoms with Crippen molar-refractivity contribution < 1.29 is 9.53 Å². The van der Waals surface area contributed by atoms with Gasteiger partial charge in [0.2, 0.25) is 0 Å². The first-order chi connectivity index (χ1) is 10.2. The molecular formula is C18H19NO2. The van der Waals surface area contributed by atoms with Gasteiger partial charge in [0.25, 0.3) is 0 Å². The van der Waals surface area contributed by atoms with Crippen LogP contribution in [0.4, 0.5) is 5.69 Å². The number of ether oxygens (including phenoxy) is 1. The third-order valence-electron chi connectivity index (χ3n) is 4.00. The first-order valence-corrected chi connectivity index (χ1v) is 7.30. The quantitative estimate of drug-likeness (QED) is 0.869. The Balaban J connectivity index is 2.05. The highest BCUT2D eigenvalue weighted by Crippen LogP contribution is 2.45. The molecule has 2 atom stereocenters. The van der Waals surface area contributed by atoms with Gasteiger partial charge in [-0.25, -0.2) is 0 Å². The Morgan fingerprint density at radius 2 is 1.76 bits per heavy atom. The summed E-state index contributed by atoms with van der Waals surface area (Å²) in [5.74, 6) is -0.453. The predicted octanol–water partition coefficient (Wildman–Crippen LogP) is 3.81. The summed E-state index contributed by atoms with van der Waals surface area (Å²) in [6.07, 6.45) is 0. The molecule has 0 amide bonds. The van der Waals surface area contributed by atoms with Crippen LogP contribution >= 0.6 is 0 Å². The van der Waals surface area contributed by atoms with Crippen molar-refractivity contribution in [2.24, 2.45) is 0 Å². The molecule has 0 saturated heterocycles. The lowest BCUT2D eigenvalue weighted by Crippen LogP contribution is -2.22. The number of aryl methyl sites for hydroxylation is 1. The fourth-order valence-corrected chi connectivity index (χ4v) is 3.02. The number of carbonyl (C=O) groups excluding carboxylic acids is 1. The summed E-state index contributed by atoms with van der Waals surface area (Å²) >= 11 is 0. The van der Waals surface area contributed by atoms with E-state index in [2.05, 4.69) is 24.4 Å². The van der Waals surface area contributed by atoms with Crippen LogP contribution in [0.1, 0.15) is 35.6 Å². The number of hydrogen-bond donors (Lipinski definition) is 1. The lowest BCUT2D eigenvalue weighted by atomic mass is 9.88. The van der Waals surface area contributed by atoms with E-state index in [-0.39, 0.29) is 17.9 Å². The molecular weight excluding hydrogens is 262 g/mol. The Labute approximate surface area is 124 Å². The Hall–Kier alpha value is -2.29. The van der Waals surface area contributed by atoms with Crippen molar-refractivity contribution in [2.75, 3.05) is 11.9 Å². The molecule has 3 nitrogen and oxygen atoms in total. The van der Waals surface area contributed by atoms with E-state index in [1.807, 2.05) is 43.3 Å². The maximum atomic E-state index is 12.4. The van der Waals surface area contributed by atoms with Crippen molar-refractivity contribution in [3.8, 4) is 0 Å². The number of fused-ring (bicyclic) bond motifs is 1. The van der Waals surface area contributed by atoms with E-state index in [0.29, 0.717) is 6.61 Å². The normalized spacial score (nSPS) is 19.7. The maximum Gasteiger partial charge on any atom is 0.315 e. The van der Waals surface area contributed by atoms with Gasteiger partial charge in [-0.3, -0.25) is 4.79 Å². The molecule has 21 heavy (non-hydrogen) atoms. The Bertz CT molecular complexity index is 666. The van der Waals surface area contributed by atoms with E-state index in [9.17, 15) is 4.79 Å². The average Bonchev–Trinajstić information content (AvgIpc) is 2.87. The van der Waals surface area contributed by atoms with Crippen LogP contribution in [0.25, 0.3) is 0 Å². The molecule has 0 bridgehead atoms. The van der Waals surface area contributed by atoms with E-state index in [1.165, 1.54) is 5.56 Å². The van der Waals surface area contributed by atoms with Crippen LogP contribution in [0.2, 0.25) is 0 Å². The molecule has 2 aromatic rings. The average molecular weight is 281 g/mol. The number of anilines is 1. The third-order valence-corrected chi connectivity index (χ3v) is 4.00. The Kier molecular flexibility index (Phi) is 3.65. The van der Waals surface area contributed by atoms with Gasteiger partial charge < -0.3 is 10.1 Å². The van der Waals surface area contributed by atoms with Crippen molar-refractivity contribution in [1.82, 2.24) is 0 Å². The summed E-state index contributed by atoms with van der Waals surface area (Å²) in [7, 11) is 0. The molecule has 0 fully saturated rings. The van der Waals surface area contributed by atoms with E-state index in [4.69, 9.17) is 4.74 Å². The number of para-hydroxylation sites is 1. The zero-order chi connectivity index (χ0) is 14.8. The van der Waals surface area contributed by atoms with Crippen LogP contribution < -0.4 is 5.32 Å². The van der Waals surface area contributed by atoms with Gasteiger partial charge in [0.15, 0.2) is 0 Å². The van der Waals surface area contributed by atoms with Gasteiger partial charge in [0, 0.05) is 5.69 Å². The molecule has 3 heteroatoms. The van der Waals surface area contributed by atoms with Crippen molar-refractivity contribution in [3.05, 3.63) is 65.2 Å². The third kappa shape index (κ3) is 2.40. The van der Waals surface area contributed by atoms with Gasteiger partial charge >= 0.3 is 5.97 Å². The molecule has 0 saturated carbocycles. The second kappa shape index (κ2) is 5.60. The lowest BCUT2D eigenvalue weighted by molar-refractivity contribution is -0.145. The van der Waals surface area contributed by atoms with Gasteiger partial charge in [0.05, 0.1) is 12.6 Å². The highest BCUT2D eigenvalue weighted by molar-refractivity contribution is 5.85. The standard InChI is InChI=1S/C18H19NO2/c1-3-21-18(20)16-14-10-6-7-11-15(14)19-17(16)13-9-5-4-8-12(13)2/h4-11,16-17,19H,3H2,1-2H3. The second-order valence-corrected chi connectivity index (χ2v) is 5.30. The van der Waals surface area contributed by atoms with Crippen molar-refractivity contribution in [1.29, 1.82) is 0 Å². The summed E-state index contributed by atoms with van der Waals surface area (Å²) in [4.78, 5) is 12.4. The highest BCUT2D eigenvalue weighted by atomic mass is 16.5. The van der Waals surface area contributed by atoms with E-state index < -0.39 is 0 Å². The zero-order valence-corrected chi connectivity index (χ0v) is 12.3. The maximum absolute atomic E-state index is 12.4. The molecule has 0 spiro atoms. The molecule has 3 rings (SSSR count). The molecule has 2 aromatic carbocycles. The van der Waals surface area contributed by atoms with Gasteiger partial charge in [-0.1, -0.05) is 42.5 Å². The topological polar surface area (TPSA) is 38.3 Å². The highest BCUT2D eigenvalue weighted by Gasteiger charge is 2.39. The monoisotopic (exact) mass is 281 g/mol. The smallest absolute Gasteiger partial charge is 0.315 e. The molecule has 1 aliphatic rings. The molecule has 1 aliphatic heterocycles. The number of rotatable bonds is 3. The second-order valence-electron chi connectivity index (χ2n) is 5.30. The van der Waals surface area contributed by atoms with Crippen molar-refractivity contribution in [3.63, 3.8) is 0 Å². The predicted molar refractivity (Wildman–Crippen MR) is 83.4 cm³/mol. The summed E-state index contributed by atoms with van der Waals surface area (Å²) in [5.41, 5.74) is 4.36. The number of nitrogens with one attached hydrogen (secondary N) is 1. The largest absolute Gasteiger partial charge is 0.465 e. The Morgan fingerprint density at radius 3 is 2.48 bits per heavy atom. The van der Waals surface area contributed by atoms with Gasteiger partial charge in [-0.05, 0) is 36.6 Å². The van der Waals surface area contributed by atoms with Crippen LogP contribution in [0.3, 0.4) is 0 Å². The number of benzene rings is 2. The van der Waals surface area contributed by atoms with Crippen molar-refractivity contribution in [2.45, 2.75) is 25.8 Å². The van der Waals surface area contributed by atoms with Crippen LogP contribution in [0, 0.1) is 6.92 Å². The van der Waals surface area contributed by atoms with Crippen LogP contribution in [0.5, 0.6) is 0 Å². The first-order valence-electron chi connectivity index (χ1n) is 7.30. The molecule has 2 unspecified atom stereocenters. The molecule has 0 radical (unpaired) electrons. The zero-order valence-electron chi connectivity index (χ0n) is 12.3. The van der Waals surface area contributed by atoms with Crippen LogP contribution in [-0.2, 0) is 9.53 Å². The van der Waals surface area contributed by atoms with Crippen molar-refractivity contribution >= 4 is 11.7 Å². The SMILES string of the molecule is CCOC(=O)C1c2ccccc2NC1c1ccccc1C. The summed E-state index contributed by atoms with van der Waals surface area (Å²) in [6.45, 7) is 4.31. The van der Waals surface area contributed by atoms with E-state index >= 15 is 0 Å². The summed E-state index contributed by atoms with van der Waals surface area (Å²) < 4.78 is 5.30. The Morgan fingerprint density at radius 1 is 1.10 bits per heavy atom. The number of carbonyl (C=O) groups is 1. The fourth-order valence-electron chi connectivity index (χ4n) is 3.02. The molecule has 0 aromatic heterocycles. The molecule has 1 N–H and O–H groups in total. The van der Waals surface area contributed by atoms with E-state index in [0.717, 1.165) is 16.8 Å². The van der Waals surface area contributed by atoms with Gasteiger partial charge in [-0.2, -0.15) is 0 Å². The minimum atomic E-state index is -0.290.